The molecule has 7 nitrogen and oxygen atoms in total. The molecule has 2 aromatic rings. The van der Waals surface area contributed by atoms with Crippen molar-refractivity contribution < 1.29 is 19.2 Å². The maximum atomic E-state index is 12.8. The van der Waals surface area contributed by atoms with Gasteiger partial charge in [-0.15, -0.1) is 0 Å². The molecule has 0 aromatic carbocycles. The Kier molecular flexibility index (Phi) is 3.79. The molecule has 0 spiro atoms. The minimum absolute atomic E-state index is 0.0609. The Hall–Kier alpha value is -2.44. The van der Waals surface area contributed by atoms with E-state index in [1.165, 1.54) is 0 Å². The zero-order valence-electron chi connectivity index (χ0n) is 13.2. The van der Waals surface area contributed by atoms with Gasteiger partial charge in [-0.05, 0) is 32.8 Å². The molecule has 3 rings (SSSR count). The number of fused-ring (bicyclic) bond motifs is 1. The van der Waals surface area contributed by atoms with E-state index in [-0.39, 0.29) is 12.3 Å². The fraction of sp³-hybridized carbons (Fsp3) is 0.500. The van der Waals surface area contributed by atoms with Crippen LogP contribution in [0.3, 0.4) is 0 Å². The first-order chi connectivity index (χ1) is 10.9. The van der Waals surface area contributed by atoms with Crippen LogP contribution in [0.25, 0.3) is 11.1 Å². The van der Waals surface area contributed by atoms with E-state index in [9.17, 15) is 9.59 Å². The Labute approximate surface area is 133 Å². The highest BCUT2D eigenvalue weighted by atomic mass is 16.5. The van der Waals surface area contributed by atoms with Crippen molar-refractivity contribution in [2.24, 2.45) is 0 Å². The molecular formula is C16H19N3O4. The largest absolute Gasteiger partial charge is 0.481 e. The van der Waals surface area contributed by atoms with Gasteiger partial charge in [0.15, 0.2) is 0 Å². The van der Waals surface area contributed by atoms with Gasteiger partial charge in [-0.3, -0.25) is 9.59 Å². The second kappa shape index (κ2) is 5.64. The van der Waals surface area contributed by atoms with Gasteiger partial charge in [-0.25, -0.2) is 4.98 Å². The average Bonchev–Trinajstić information content (AvgIpc) is 3.05. The lowest BCUT2D eigenvalue weighted by Gasteiger charge is -2.28. The zero-order chi connectivity index (χ0) is 16.6. The van der Waals surface area contributed by atoms with Gasteiger partial charge < -0.3 is 14.9 Å². The van der Waals surface area contributed by atoms with Crippen LogP contribution in [0.15, 0.2) is 10.6 Å². The van der Waals surface area contributed by atoms with Crippen LogP contribution >= 0.6 is 0 Å². The van der Waals surface area contributed by atoms with Crippen molar-refractivity contribution >= 4 is 23.0 Å². The summed E-state index contributed by atoms with van der Waals surface area (Å²) in [6.07, 6.45) is 3.14. The number of amides is 1. The quantitative estimate of drug-likeness (QED) is 0.896. The highest BCUT2D eigenvalue weighted by Crippen LogP contribution is 2.33. The van der Waals surface area contributed by atoms with Gasteiger partial charge in [0.25, 0.3) is 11.6 Å². The Balaban J connectivity index is 1.97. The van der Waals surface area contributed by atoms with Gasteiger partial charge in [0.05, 0.1) is 28.6 Å². The van der Waals surface area contributed by atoms with Crippen LogP contribution in [-0.4, -0.2) is 32.7 Å². The second-order valence-corrected chi connectivity index (χ2v) is 6.27. The summed E-state index contributed by atoms with van der Waals surface area (Å²) in [4.78, 5) is 28.2. The molecule has 2 heterocycles. The number of hydrogen-bond acceptors (Lipinski definition) is 5. The van der Waals surface area contributed by atoms with E-state index in [1.54, 1.807) is 19.9 Å². The molecule has 1 fully saturated rings. The zero-order valence-corrected chi connectivity index (χ0v) is 13.2. The normalized spacial score (nSPS) is 16.6. The summed E-state index contributed by atoms with van der Waals surface area (Å²) < 4.78 is 5.14. The maximum Gasteiger partial charge on any atom is 0.305 e. The van der Waals surface area contributed by atoms with E-state index in [1.807, 2.05) is 0 Å². The highest BCUT2D eigenvalue weighted by Gasteiger charge is 2.38. The van der Waals surface area contributed by atoms with Gasteiger partial charge >= 0.3 is 5.97 Å². The van der Waals surface area contributed by atoms with E-state index in [2.05, 4.69) is 15.5 Å². The maximum absolute atomic E-state index is 12.8. The van der Waals surface area contributed by atoms with Crippen LogP contribution in [0, 0.1) is 13.8 Å². The topological polar surface area (TPSA) is 105 Å². The first-order valence-electron chi connectivity index (χ1n) is 7.68. The highest BCUT2D eigenvalue weighted by molar-refractivity contribution is 6.06. The van der Waals surface area contributed by atoms with Crippen molar-refractivity contribution in [2.75, 3.05) is 0 Å². The molecule has 0 radical (unpaired) electrons. The van der Waals surface area contributed by atoms with Gasteiger partial charge in [-0.1, -0.05) is 18.0 Å². The summed E-state index contributed by atoms with van der Waals surface area (Å²) in [5, 5.41) is 16.6. The van der Waals surface area contributed by atoms with Gasteiger partial charge in [0.2, 0.25) is 0 Å². The summed E-state index contributed by atoms with van der Waals surface area (Å²) in [7, 11) is 0. The Morgan fingerprint density at radius 2 is 2.04 bits per heavy atom. The molecule has 2 aromatic heterocycles. The van der Waals surface area contributed by atoms with Crippen molar-refractivity contribution in [3.8, 4) is 0 Å². The van der Waals surface area contributed by atoms with Gasteiger partial charge in [0, 0.05) is 5.69 Å². The first-order valence-corrected chi connectivity index (χ1v) is 7.68. The molecule has 7 heteroatoms. The number of pyridine rings is 1. The third kappa shape index (κ3) is 2.91. The van der Waals surface area contributed by atoms with Crippen molar-refractivity contribution in [3.05, 3.63) is 23.0 Å². The molecule has 23 heavy (non-hydrogen) atoms. The molecule has 0 aliphatic heterocycles. The Morgan fingerprint density at radius 1 is 1.35 bits per heavy atom. The van der Waals surface area contributed by atoms with E-state index in [4.69, 9.17) is 9.63 Å². The summed E-state index contributed by atoms with van der Waals surface area (Å²) in [5.74, 6) is -1.20. The lowest BCUT2D eigenvalue weighted by atomic mass is 9.92. The van der Waals surface area contributed by atoms with E-state index < -0.39 is 11.5 Å². The van der Waals surface area contributed by atoms with Crippen molar-refractivity contribution in [1.82, 2.24) is 15.5 Å². The number of rotatable bonds is 4. The lowest BCUT2D eigenvalue weighted by molar-refractivity contribution is -0.138. The second-order valence-electron chi connectivity index (χ2n) is 6.27. The SMILES string of the molecule is Cc1cc(C(=O)NC2(CC(=O)O)CCCC2)c2c(C)noc2n1. The smallest absolute Gasteiger partial charge is 0.305 e. The van der Waals surface area contributed by atoms with Gasteiger partial charge in [0.1, 0.15) is 0 Å². The Morgan fingerprint density at radius 3 is 2.70 bits per heavy atom. The molecule has 1 amide bonds. The number of aromatic nitrogens is 2. The van der Waals surface area contributed by atoms with Crippen molar-refractivity contribution in [1.29, 1.82) is 0 Å². The summed E-state index contributed by atoms with van der Waals surface area (Å²) in [6, 6.07) is 1.69. The average molecular weight is 317 g/mol. The minimum atomic E-state index is -0.899. The summed E-state index contributed by atoms with van der Waals surface area (Å²) in [5.41, 5.74) is 1.33. The molecule has 0 atom stereocenters. The fourth-order valence-corrected chi connectivity index (χ4v) is 3.39. The molecule has 122 valence electrons. The predicted molar refractivity (Wildman–Crippen MR) is 82.2 cm³/mol. The molecule has 1 aliphatic carbocycles. The van der Waals surface area contributed by atoms with E-state index in [0.717, 1.165) is 12.8 Å². The number of aryl methyl sites for hydroxylation is 2. The monoisotopic (exact) mass is 317 g/mol. The number of aliphatic carboxylic acids is 1. The van der Waals surface area contributed by atoms with Crippen LogP contribution in [0.2, 0.25) is 0 Å². The fourth-order valence-electron chi connectivity index (χ4n) is 3.39. The molecule has 2 N–H and O–H groups in total. The molecule has 1 saturated carbocycles. The number of carbonyl (C=O) groups is 2. The Bertz CT molecular complexity index is 775. The molecule has 1 aliphatic rings. The third-order valence-electron chi connectivity index (χ3n) is 4.42. The molecule has 0 bridgehead atoms. The lowest BCUT2D eigenvalue weighted by Crippen LogP contribution is -2.47. The third-order valence-corrected chi connectivity index (χ3v) is 4.42. The van der Waals surface area contributed by atoms with E-state index >= 15 is 0 Å². The van der Waals surface area contributed by atoms with Crippen molar-refractivity contribution in [2.45, 2.75) is 51.5 Å². The first kappa shape index (κ1) is 15.5. The molecule has 0 unspecified atom stereocenters. The molecular weight excluding hydrogens is 298 g/mol. The number of hydrogen-bond donors (Lipinski definition) is 2. The summed E-state index contributed by atoms with van der Waals surface area (Å²) >= 11 is 0. The van der Waals surface area contributed by atoms with Crippen LogP contribution in [-0.2, 0) is 4.79 Å². The predicted octanol–water partition coefficient (Wildman–Crippen LogP) is 2.36. The number of carboxylic acid groups (broad SMARTS) is 1. The van der Waals surface area contributed by atoms with Crippen LogP contribution in [0.1, 0.15) is 53.8 Å². The minimum Gasteiger partial charge on any atom is -0.481 e. The number of nitrogens with zero attached hydrogens (tertiary/aromatic N) is 2. The van der Waals surface area contributed by atoms with E-state index in [0.29, 0.717) is 40.9 Å². The van der Waals surface area contributed by atoms with Crippen molar-refractivity contribution in [3.63, 3.8) is 0 Å². The summed E-state index contributed by atoms with van der Waals surface area (Å²) in [6.45, 7) is 3.53. The number of carboxylic acids is 1. The van der Waals surface area contributed by atoms with Gasteiger partial charge in [-0.2, -0.15) is 0 Å². The molecule has 0 saturated heterocycles. The van der Waals surface area contributed by atoms with Crippen LogP contribution < -0.4 is 5.32 Å². The van der Waals surface area contributed by atoms with Crippen LogP contribution in [0.4, 0.5) is 0 Å². The standard InChI is InChI=1S/C16H19N3O4/c1-9-7-11(13-10(2)19-23-15(13)17-9)14(22)18-16(8-12(20)21)5-3-4-6-16/h7H,3-6,8H2,1-2H3,(H,18,22)(H,20,21). The number of nitrogens with one attached hydrogen (secondary N) is 1. The number of carbonyl (C=O) groups excluding carboxylic acids is 1. The van der Waals surface area contributed by atoms with Crippen LogP contribution in [0.5, 0.6) is 0 Å².